The molecule has 21 heavy (non-hydrogen) atoms. The zero-order valence-electron chi connectivity index (χ0n) is 12.1. The number of benzene rings is 1. The smallest absolute Gasteiger partial charge is 0.260 e. The minimum Gasteiger partial charge on any atom is -0.385 e. The van der Waals surface area contributed by atoms with Crippen LogP contribution >= 0.6 is 11.6 Å². The van der Waals surface area contributed by atoms with E-state index in [1.165, 1.54) is 0 Å². The van der Waals surface area contributed by atoms with Crippen LogP contribution in [0.3, 0.4) is 0 Å². The number of carbonyl (C=O) groups is 1. The van der Waals surface area contributed by atoms with E-state index >= 15 is 0 Å². The first kappa shape index (κ1) is 15.3. The van der Waals surface area contributed by atoms with Crippen LogP contribution in [0.2, 0.25) is 5.02 Å². The standard InChI is InChI=1S/C16H18ClN3O/c1-3-19-15-6-5-12(17)11-14(15)16(21)20(4-2)13-7-9-18-10-8-13/h5-11,19H,3-4H2,1-2H3. The van der Waals surface area contributed by atoms with E-state index in [2.05, 4.69) is 10.3 Å². The Balaban J connectivity index is 2.40. The molecule has 0 aliphatic rings. The Labute approximate surface area is 129 Å². The predicted octanol–water partition coefficient (Wildman–Crippen LogP) is 3.83. The molecule has 0 atom stereocenters. The average molecular weight is 304 g/mol. The van der Waals surface area contributed by atoms with Gasteiger partial charge in [0.05, 0.1) is 5.56 Å². The van der Waals surface area contributed by atoms with Crippen LogP contribution in [0.4, 0.5) is 11.4 Å². The Bertz CT molecular complexity index is 616. The lowest BCUT2D eigenvalue weighted by molar-refractivity contribution is 0.0989. The zero-order chi connectivity index (χ0) is 15.2. The Kier molecular flexibility index (Phi) is 5.17. The maximum absolute atomic E-state index is 12.8. The fraction of sp³-hybridized carbons (Fsp3) is 0.250. The number of hydrogen-bond acceptors (Lipinski definition) is 3. The first-order valence-corrected chi connectivity index (χ1v) is 7.30. The number of rotatable bonds is 5. The van der Waals surface area contributed by atoms with E-state index in [4.69, 9.17) is 11.6 Å². The highest BCUT2D eigenvalue weighted by molar-refractivity contribution is 6.31. The summed E-state index contributed by atoms with van der Waals surface area (Å²) in [6, 6.07) is 8.95. The van der Waals surface area contributed by atoms with Gasteiger partial charge in [-0.2, -0.15) is 0 Å². The van der Waals surface area contributed by atoms with Gasteiger partial charge < -0.3 is 10.2 Å². The summed E-state index contributed by atoms with van der Waals surface area (Å²) in [5, 5.41) is 3.74. The number of nitrogens with one attached hydrogen (secondary N) is 1. The molecule has 4 nitrogen and oxygen atoms in total. The van der Waals surface area contributed by atoms with Crippen molar-refractivity contribution in [3.63, 3.8) is 0 Å². The number of pyridine rings is 1. The third kappa shape index (κ3) is 3.52. The lowest BCUT2D eigenvalue weighted by atomic mass is 10.1. The summed E-state index contributed by atoms with van der Waals surface area (Å²) < 4.78 is 0. The molecule has 2 aromatic rings. The molecule has 110 valence electrons. The second kappa shape index (κ2) is 7.09. The lowest BCUT2D eigenvalue weighted by Gasteiger charge is -2.22. The van der Waals surface area contributed by atoms with Gasteiger partial charge in [0, 0.05) is 41.9 Å². The van der Waals surface area contributed by atoms with Gasteiger partial charge in [-0.25, -0.2) is 0 Å². The predicted molar refractivity (Wildman–Crippen MR) is 87.2 cm³/mol. The Morgan fingerprint density at radius 3 is 2.57 bits per heavy atom. The molecule has 0 fully saturated rings. The molecule has 0 aliphatic carbocycles. The quantitative estimate of drug-likeness (QED) is 0.913. The van der Waals surface area contributed by atoms with Crippen LogP contribution in [0, 0.1) is 0 Å². The number of carbonyl (C=O) groups excluding carboxylic acids is 1. The maximum Gasteiger partial charge on any atom is 0.260 e. The normalized spacial score (nSPS) is 10.2. The van der Waals surface area contributed by atoms with E-state index in [-0.39, 0.29) is 5.91 Å². The molecule has 0 radical (unpaired) electrons. The van der Waals surface area contributed by atoms with Crippen LogP contribution in [0.15, 0.2) is 42.7 Å². The highest BCUT2D eigenvalue weighted by atomic mass is 35.5. The van der Waals surface area contributed by atoms with Crippen molar-refractivity contribution in [2.75, 3.05) is 23.3 Å². The molecule has 0 saturated heterocycles. The first-order chi connectivity index (χ1) is 10.2. The Morgan fingerprint density at radius 2 is 1.95 bits per heavy atom. The second-order valence-corrected chi connectivity index (χ2v) is 4.91. The molecule has 1 N–H and O–H groups in total. The number of hydrogen-bond donors (Lipinski definition) is 1. The van der Waals surface area contributed by atoms with Gasteiger partial charge in [-0.15, -0.1) is 0 Å². The summed E-state index contributed by atoms with van der Waals surface area (Å²) in [5.41, 5.74) is 2.18. The van der Waals surface area contributed by atoms with Crippen molar-refractivity contribution in [3.05, 3.63) is 53.3 Å². The van der Waals surface area contributed by atoms with Crippen LogP contribution in [-0.2, 0) is 0 Å². The molecule has 1 aromatic carbocycles. The third-order valence-electron chi connectivity index (χ3n) is 3.12. The van der Waals surface area contributed by atoms with E-state index in [0.717, 1.165) is 17.9 Å². The largest absolute Gasteiger partial charge is 0.385 e. The first-order valence-electron chi connectivity index (χ1n) is 6.92. The van der Waals surface area contributed by atoms with Crippen molar-refractivity contribution in [1.82, 2.24) is 4.98 Å². The summed E-state index contributed by atoms with van der Waals surface area (Å²) in [6.45, 7) is 5.24. The molecule has 0 spiro atoms. The van der Waals surface area contributed by atoms with Gasteiger partial charge in [-0.3, -0.25) is 9.78 Å². The monoisotopic (exact) mass is 303 g/mol. The summed E-state index contributed by atoms with van der Waals surface area (Å²) in [7, 11) is 0. The van der Waals surface area contributed by atoms with Crippen LogP contribution in [0.25, 0.3) is 0 Å². The van der Waals surface area contributed by atoms with Crippen LogP contribution < -0.4 is 10.2 Å². The zero-order valence-corrected chi connectivity index (χ0v) is 12.9. The molecule has 0 unspecified atom stereocenters. The number of anilines is 2. The van der Waals surface area contributed by atoms with E-state index in [1.54, 1.807) is 29.4 Å². The van der Waals surface area contributed by atoms with Gasteiger partial charge in [-0.1, -0.05) is 11.6 Å². The van der Waals surface area contributed by atoms with Crippen LogP contribution in [-0.4, -0.2) is 24.0 Å². The fourth-order valence-corrected chi connectivity index (χ4v) is 2.32. The Morgan fingerprint density at radius 1 is 1.24 bits per heavy atom. The molecule has 0 bridgehead atoms. The molecule has 0 aliphatic heterocycles. The van der Waals surface area contributed by atoms with E-state index in [1.807, 2.05) is 32.0 Å². The van der Waals surface area contributed by atoms with E-state index < -0.39 is 0 Å². The molecular weight excluding hydrogens is 286 g/mol. The number of halogens is 1. The molecule has 5 heteroatoms. The summed E-state index contributed by atoms with van der Waals surface area (Å²) in [5.74, 6) is -0.0813. The van der Waals surface area contributed by atoms with E-state index in [9.17, 15) is 4.79 Å². The van der Waals surface area contributed by atoms with Crippen molar-refractivity contribution in [2.45, 2.75) is 13.8 Å². The van der Waals surface area contributed by atoms with Crippen molar-refractivity contribution >= 4 is 28.9 Å². The Hall–Kier alpha value is -2.07. The van der Waals surface area contributed by atoms with Gasteiger partial charge in [0.25, 0.3) is 5.91 Å². The summed E-state index contributed by atoms with van der Waals surface area (Å²) in [6.07, 6.45) is 3.35. The van der Waals surface area contributed by atoms with Gasteiger partial charge in [-0.05, 0) is 44.2 Å². The van der Waals surface area contributed by atoms with Crippen molar-refractivity contribution in [1.29, 1.82) is 0 Å². The topological polar surface area (TPSA) is 45.2 Å². The van der Waals surface area contributed by atoms with Crippen molar-refractivity contribution in [2.24, 2.45) is 0 Å². The molecule has 2 rings (SSSR count). The third-order valence-corrected chi connectivity index (χ3v) is 3.35. The fourth-order valence-electron chi connectivity index (χ4n) is 2.15. The van der Waals surface area contributed by atoms with Gasteiger partial charge in [0.15, 0.2) is 0 Å². The lowest BCUT2D eigenvalue weighted by Crippen LogP contribution is -2.31. The highest BCUT2D eigenvalue weighted by Gasteiger charge is 2.19. The number of aromatic nitrogens is 1. The SMILES string of the molecule is CCNc1ccc(Cl)cc1C(=O)N(CC)c1ccncc1. The summed E-state index contributed by atoms with van der Waals surface area (Å²) in [4.78, 5) is 18.5. The van der Waals surface area contributed by atoms with Crippen molar-refractivity contribution in [3.8, 4) is 0 Å². The van der Waals surface area contributed by atoms with Crippen molar-refractivity contribution < 1.29 is 4.79 Å². The van der Waals surface area contributed by atoms with Gasteiger partial charge in [0.2, 0.25) is 0 Å². The second-order valence-electron chi connectivity index (χ2n) is 4.48. The van der Waals surface area contributed by atoms with Gasteiger partial charge >= 0.3 is 0 Å². The molecule has 1 amide bonds. The number of amides is 1. The van der Waals surface area contributed by atoms with Crippen LogP contribution in [0.1, 0.15) is 24.2 Å². The molecule has 0 saturated carbocycles. The van der Waals surface area contributed by atoms with Gasteiger partial charge in [0.1, 0.15) is 0 Å². The minimum absolute atomic E-state index is 0.0813. The maximum atomic E-state index is 12.8. The minimum atomic E-state index is -0.0813. The molecular formula is C16H18ClN3O. The average Bonchev–Trinajstić information content (AvgIpc) is 2.51. The summed E-state index contributed by atoms with van der Waals surface area (Å²) >= 11 is 6.05. The molecule has 1 aromatic heterocycles. The van der Waals surface area contributed by atoms with Crippen LogP contribution in [0.5, 0.6) is 0 Å². The molecule has 1 heterocycles. The van der Waals surface area contributed by atoms with E-state index in [0.29, 0.717) is 17.1 Å². The highest BCUT2D eigenvalue weighted by Crippen LogP contribution is 2.24. The number of nitrogens with zero attached hydrogens (tertiary/aromatic N) is 2.